The number of rotatable bonds is 4. The molecule has 6 heteroatoms. The number of carbonyl (C=O) groups excluding carboxylic acids is 1. The highest BCUT2D eigenvalue weighted by Gasteiger charge is 2.25. The molecule has 1 amide bonds. The number of carboxylic acids is 1. The van der Waals surface area contributed by atoms with Gasteiger partial charge >= 0.3 is 5.97 Å². The number of carboxylic acid groups (broad SMARTS) is 1. The molecule has 128 valence electrons. The summed E-state index contributed by atoms with van der Waals surface area (Å²) in [7, 11) is 0. The molecule has 0 radical (unpaired) electrons. The van der Waals surface area contributed by atoms with E-state index in [1.165, 1.54) is 0 Å². The Morgan fingerprint density at radius 1 is 1.04 bits per heavy atom. The summed E-state index contributed by atoms with van der Waals surface area (Å²) in [5.41, 5.74) is 3.96. The largest absolute Gasteiger partial charge is 0.493 e. The van der Waals surface area contributed by atoms with Crippen molar-refractivity contribution in [3.63, 3.8) is 0 Å². The average molecular weight is 339 g/mol. The number of benzene rings is 2. The van der Waals surface area contributed by atoms with E-state index in [9.17, 15) is 14.7 Å². The Balaban J connectivity index is 1.57. The first-order valence-corrected chi connectivity index (χ1v) is 8.10. The van der Waals surface area contributed by atoms with Gasteiger partial charge in [0.2, 0.25) is 0 Å². The molecule has 25 heavy (non-hydrogen) atoms. The van der Waals surface area contributed by atoms with Gasteiger partial charge in [-0.25, -0.2) is 4.79 Å². The van der Waals surface area contributed by atoms with Crippen LogP contribution in [0.1, 0.15) is 38.7 Å². The zero-order valence-corrected chi connectivity index (χ0v) is 13.5. The Morgan fingerprint density at radius 2 is 1.88 bits per heavy atom. The van der Waals surface area contributed by atoms with Crippen molar-refractivity contribution in [2.75, 3.05) is 6.61 Å². The van der Waals surface area contributed by atoms with Crippen LogP contribution in [0.2, 0.25) is 0 Å². The number of fused-ring (bicyclic) bond motifs is 2. The van der Waals surface area contributed by atoms with E-state index < -0.39 is 17.9 Å². The van der Waals surface area contributed by atoms with Gasteiger partial charge in [0.05, 0.1) is 19.8 Å². The van der Waals surface area contributed by atoms with Gasteiger partial charge in [-0.3, -0.25) is 4.79 Å². The molecule has 0 saturated carbocycles. The van der Waals surface area contributed by atoms with Gasteiger partial charge in [-0.1, -0.05) is 12.1 Å². The number of hydrogen-bond donors (Lipinski definition) is 2. The molecule has 1 unspecified atom stereocenters. The predicted molar refractivity (Wildman–Crippen MR) is 88.4 cm³/mol. The third kappa shape index (κ3) is 2.96. The molecule has 2 aromatic rings. The smallest absolute Gasteiger partial charge is 0.330 e. The Morgan fingerprint density at radius 3 is 2.72 bits per heavy atom. The lowest BCUT2D eigenvalue weighted by molar-refractivity contribution is -0.139. The van der Waals surface area contributed by atoms with Crippen LogP contribution in [0.15, 0.2) is 36.4 Å². The van der Waals surface area contributed by atoms with Gasteiger partial charge in [0.15, 0.2) is 6.04 Å². The number of aliphatic carboxylic acids is 1. The molecule has 2 heterocycles. The molecular weight excluding hydrogens is 322 g/mol. The summed E-state index contributed by atoms with van der Waals surface area (Å²) < 4.78 is 10.8. The number of ether oxygens (including phenoxy) is 2. The van der Waals surface area contributed by atoms with E-state index in [0.717, 1.165) is 28.9 Å². The van der Waals surface area contributed by atoms with Crippen LogP contribution in [-0.2, 0) is 29.2 Å². The first-order chi connectivity index (χ1) is 12.1. The minimum absolute atomic E-state index is 0.418. The SMILES string of the molecule is O=C(NC(C(=O)O)c1ccc2c(c1)CCO2)c1ccc2c(c1)COC2. The van der Waals surface area contributed by atoms with E-state index in [0.29, 0.717) is 30.9 Å². The molecule has 1 atom stereocenters. The summed E-state index contributed by atoms with van der Waals surface area (Å²) in [6, 6.07) is 9.41. The van der Waals surface area contributed by atoms with Crippen molar-refractivity contribution < 1.29 is 24.2 Å². The van der Waals surface area contributed by atoms with Gasteiger partial charge in [-0.05, 0) is 46.5 Å². The van der Waals surface area contributed by atoms with Crippen LogP contribution in [0, 0.1) is 0 Å². The fraction of sp³-hybridized carbons (Fsp3) is 0.263. The topological polar surface area (TPSA) is 84.9 Å². The van der Waals surface area contributed by atoms with Crippen molar-refractivity contribution in [3.05, 3.63) is 64.2 Å². The van der Waals surface area contributed by atoms with Gasteiger partial charge < -0.3 is 19.9 Å². The van der Waals surface area contributed by atoms with Gasteiger partial charge in [0.25, 0.3) is 5.91 Å². The molecule has 0 aliphatic carbocycles. The maximum absolute atomic E-state index is 12.5. The fourth-order valence-corrected chi connectivity index (χ4v) is 3.20. The van der Waals surface area contributed by atoms with Gasteiger partial charge in [0.1, 0.15) is 5.75 Å². The fourth-order valence-electron chi connectivity index (χ4n) is 3.20. The van der Waals surface area contributed by atoms with Crippen molar-refractivity contribution in [2.24, 2.45) is 0 Å². The van der Waals surface area contributed by atoms with Gasteiger partial charge in [-0.15, -0.1) is 0 Å². The maximum atomic E-state index is 12.5. The predicted octanol–water partition coefficient (Wildman–Crippen LogP) is 2.21. The van der Waals surface area contributed by atoms with Crippen LogP contribution >= 0.6 is 0 Å². The molecule has 4 rings (SSSR count). The lowest BCUT2D eigenvalue weighted by Gasteiger charge is -2.16. The first-order valence-electron chi connectivity index (χ1n) is 8.10. The van der Waals surface area contributed by atoms with E-state index >= 15 is 0 Å². The summed E-state index contributed by atoms with van der Waals surface area (Å²) in [6.07, 6.45) is 0.744. The summed E-state index contributed by atoms with van der Waals surface area (Å²) >= 11 is 0. The molecule has 2 aromatic carbocycles. The van der Waals surface area contributed by atoms with Gasteiger partial charge in [0, 0.05) is 12.0 Å². The van der Waals surface area contributed by atoms with Crippen molar-refractivity contribution in [1.29, 1.82) is 0 Å². The third-order valence-corrected chi connectivity index (χ3v) is 4.55. The maximum Gasteiger partial charge on any atom is 0.330 e. The van der Waals surface area contributed by atoms with Crippen LogP contribution in [0.5, 0.6) is 5.75 Å². The Hall–Kier alpha value is -2.86. The number of nitrogens with one attached hydrogen (secondary N) is 1. The second kappa shape index (κ2) is 6.22. The van der Waals surface area contributed by atoms with E-state index in [4.69, 9.17) is 9.47 Å². The van der Waals surface area contributed by atoms with Crippen molar-refractivity contribution in [2.45, 2.75) is 25.7 Å². The Kier molecular flexibility index (Phi) is 3.89. The monoisotopic (exact) mass is 339 g/mol. The zero-order valence-electron chi connectivity index (χ0n) is 13.5. The minimum atomic E-state index is -1.11. The molecule has 2 N–H and O–H groups in total. The van der Waals surface area contributed by atoms with Gasteiger partial charge in [-0.2, -0.15) is 0 Å². The molecule has 0 fully saturated rings. The standard InChI is InChI=1S/C19H17NO5/c21-18(13-1-2-14-9-24-10-15(14)8-13)20-17(19(22)23)12-3-4-16-11(7-12)5-6-25-16/h1-4,7-8,17H,5-6,9-10H2,(H,20,21)(H,22,23). The Labute approximate surface area is 144 Å². The minimum Gasteiger partial charge on any atom is -0.493 e. The van der Waals surface area contributed by atoms with Crippen LogP contribution in [0.25, 0.3) is 0 Å². The van der Waals surface area contributed by atoms with E-state index in [-0.39, 0.29) is 0 Å². The molecule has 2 aliphatic rings. The summed E-state index contributed by atoms with van der Waals surface area (Å²) in [6.45, 7) is 1.62. The number of amides is 1. The number of hydrogen-bond acceptors (Lipinski definition) is 4. The lowest BCUT2D eigenvalue weighted by atomic mass is 10.0. The highest BCUT2D eigenvalue weighted by Crippen LogP contribution is 2.28. The van der Waals surface area contributed by atoms with E-state index in [1.54, 1.807) is 30.3 Å². The van der Waals surface area contributed by atoms with Crippen molar-refractivity contribution in [3.8, 4) is 5.75 Å². The van der Waals surface area contributed by atoms with Crippen LogP contribution in [0.3, 0.4) is 0 Å². The van der Waals surface area contributed by atoms with Crippen LogP contribution in [-0.4, -0.2) is 23.6 Å². The molecular formula is C19H17NO5. The Bertz CT molecular complexity index is 861. The third-order valence-electron chi connectivity index (χ3n) is 4.55. The summed E-state index contributed by atoms with van der Waals surface area (Å²) in [5.74, 6) is -0.742. The molecule has 0 spiro atoms. The molecule has 6 nitrogen and oxygen atoms in total. The van der Waals surface area contributed by atoms with Crippen LogP contribution in [0.4, 0.5) is 0 Å². The molecule has 0 aromatic heterocycles. The molecule has 0 saturated heterocycles. The van der Waals surface area contributed by atoms with Crippen molar-refractivity contribution >= 4 is 11.9 Å². The summed E-state index contributed by atoms with van der Waals surface area (Å²) in [5, 5.41) is 12.2. The first kappa shape index (κ1) is 15.7. The second-order valence-electron chi connectivity index (χ2n) is 6.19. The van der Waals surface area contributed by atoms with Crippen LogP contribution < -0.4 is 10.1 Å². The van der Waals surface area contributed by atoms with E-state index in [1.807, 2.05) is 6.07 Å². The van der Waals surface area contributed by atoms with E-state index in [2.05, 4.69) is 5.32 Å². The lowest BCUT2D eigenvalue weighted by Crippen LogP contribution is -2.33. The zero-order chi connectivity index (χ0) is 17.4. The second-order valence-corrected chi connectivity index (χ2v) is 6.19. The highest BCUT2D eigenvalue weighted by molar-refractivity contribution is 5.97. The van der Waals surface area contributed by atoms with Crippen molar-refractivity contribution in [1.82, 2.24) is 5.32 Å². The average Bonchev–Trinajstić information content (AvgIpc) is 3.26. The quantitative estimate of drug-likeness (QED) is 0.892. The molecule has 0 bridgehead atoms. The number of carbonyl (C=O) groups is 2. The normalized spacial score (nSPS) is 15.8. The highest BCUT2D eigenvalue weighted by atomic mass is 16.5. The molecule has 2 aliphatic heterocycles. The summed E-state index contributed by atoms with van der Waals surface area (Å²) in [4.78, 5) is 24.2.